The molecule has 1 aromatic heterocycles. The summed E-state index contributed by atoms with van der Waals surface area (Å²) in [6.07, 6.45) is 1.47. The number of hydrogen-bond donors (Lipinski definition) is 1. The number of carbonyl (C=O) groups excluding carboxylic acids is 1. The first kappa shape index (κ1) is 17.8. The Kier molecular flexibility index (Phi) is 4.86. The molecule has 0 bridgehead atoms. The molecule has 0 saturated carbocycles. The Morgan fingerprint density at radius 1 is 1.15 bits per heavy atom. The van der Waals surface area contributed by atoms with Gasteiger partial charge >= 0.3 is 0 Å². The third-order valence-corrected chi connectivity index (χ3v) is 4.36. The molecule has 2 aromatic carbocycles. The van der Waals surface area contributed by atoms with Crippen LogP contribution in [0.4, 0.5) is 5.69 Å². The number of para-hydroxylation sites is 1. The third-order valence-electron chi connectivity index (χ3n) is 4.05. The highest BCUT2D eigenvalue weighted by Crippen LogP contribution is 2.29. The van der Waals surface area contributed by atoms with Crippen LogP contribution in [0, 0.1) is 0 Å². The summed E-state index contributed by atoms with van der Waals surface area (Å²) in [5, 5.41) is 3.54. The molecule has 1 N–H and O–H groups in total. The Hall–Kier alpha value is -2.99. The molecule has 0 aliphatic rings. The Labute approximate surface area is 154 Å². The number of aromatic nitrogens is 1. The molecule has 0 fully saturated rings. The monoisotopic (exact) mass is 372 g/mol. The minimum absolute atomic E-state index is 0.0140. The molecule has 0 saturated heterocycles. The van der Waals surface area contributed by atoms with Crippen LogP contribution in [0.25, 0.3) is 10.9 Å². The molecule has 0 spiro atoms. The number of amides is 1. The SMILES string of the molecule is COc1ccc(NC(=O)c2cn(C)c3c(Cl)cccc3c2=O)c(OC)c1. The normalized spacial score (nSPS) is 10.6. The summed E-state index contributed by atoms with van der Waals surface area (Å²) in [5.41, 5.74) is 0.648. The largest absolute Gasteiger partial charge is 0.497 e. The topological polar surface area (TPSA) is 69.6 Å². The van der Waals surface area contributed by atoms with E-state index in [1.165, 1.54) is 20.4 Å². The van der Waals surface area contributed by atoms with Crippen LogP contribution in [0.15, 0.2) is 47.4 Å². The number of rotatable bonds is 4. The Morgan fingerprint density at radius 3 is 2.62 bits per heavy atom. The van der Waals surface area contributed by atoms with Crippen molar-refractivity contribution < 1.29 is 14.3 Å². The van der Waals surface area contributed by atoms with Gasteiger partial charge in [0, 0.05) is 24.7 Å². The van der Waals surface area contributed by atoms with E-state index in [0.717, 1.165) is 0 Å². The summed E-state index contributed by atoms with van der Waals surface area (Å²) in [5.74, 6) is 0.491. The zero-order chi connectivity index (χ0) is 18.8. The maximum absolute atomic E-state index is 12.7. The van der Waals surface area contributed by atoms with Gasteiger partial charge in [-0.2, -0.15) is 0 Å². The van der Waals surface area contributed by atoms with Crippen molar-refractivity contribution in [1.29, 1.82) is 0 Å². The van der Waals surface area contributed by atoms with Crippen LogP contribution in [-0.4, -0.2) is 24.7 Å². The number of hydrogen-bond acceptors (Lipinski definition) is 4. The van der Waals surface area contributed by atoms with Crippen molar-refractivity contribution in [1.82, 2.24) is 4.57 Å². The van der Waals surface area contributed by atoms with E-state index in [-0.39, 0.29) is 11.0 Å². The lowest BCUT2D eigenvalue weighted by molar-refractivity contribution is 0.102. The molecule has 1 amide bonds. The molecule has 7 heteroatoms. The van der Waals surface area contributed by atoms with Gasteiger partial charge in [0.1, 0.15) is 17.1 Å². The smallest absolute Gasteiger partial charge is 0.261 e. The predicted octanol–water partition coefficient (Wildman–Crippen LogP) is 3.46. The molecular weight excluding hydrogens is 356 g/mol. The number of fused-ring (bicyclic) bond motifs is 1. The maximum atomic E-state index is 12.7. The summed E-state index contributed by atoms with van der Waals surface area (Å²) in [4.78, 5) is 25.4. The molecule has 26 heavy (non-hydrogen) atoms. The molecule has 1 heterocycles. The molecular formula is C19H17ClN2O4. The van der Waals surface area contributed by atoms with Crippen molar-refractivity contribution in [3.63, 3.8) is 0 Å². The predicted molar refractivity (Wildman–Crippen MR) is 102 cm³/mol. The molecule has 3 aromatic rings. The van der Waals surface area contributed by atoms with Crippen LogP contribution in [0.1, 0.15) is 10.4 Å². The van der Waals surface area contributed by atoms with E-state index in [2.05, 4.69) is 5.32 Å². The number of halogens is 1. The van der Waals surface area contributed by atoms with E-state index in [0.29, 0.717) is 33.1 Å². The maximum Gasteiger partial charge on any atom is 0.261 e. The number of ether oxygens (including phenoxy) is 2. The highest BCUT2D eigenvalue weighted by molar-refractivity contribution is 6.35. The Bertz CT molecular complexity index is 1060. The lowest BCUT2D eigenvalue weighted by Gasteiger charge is -2.13. The fraction of sp³-hybridized carbons (Fsp3) is 0.158. The van der Waals surface area contributed by atoms with E-state index < -0.39 is 5.91 Å². The zero-order valence-corrected chi connectivity index (χ0v) is 15.3. The van der Waals surface area contributed by atoms with Crippen LogP contribution in [0.3, 0.4) is 0 Å². The van der Waals surface area contributed by atoms with Gasteiger partial charge in [-0.3, -0.25) is 9.59 Å². The third kappa shape index (κ3) is 3.11. The fourth-order valence-corrected chi connectivity index (χ4v) is 3.08. The van der Waals surface area contributed by atoms with E-state index in [1.54, 1.807) is 48.0 Å². The number of carbonyl (C=O) groups is 1. The van der Waals surface area contributed by atoms with Gasteiger partial charge in [0.25, 0.3) is 5.91 Å². The summed E-state index contributed by atoms with van der Waals surface area (Å²) < 4.78 is 12.1. The first-order chi connectivity index (χ1) is 12.5. The molecule has 0 radical (unpaired) electrons. The van der Waals surface area contributed by atoms with Crippen molar-refractivity contribution in [3.05, 3.63) is 63.4 Å². The van der Waals surface area contributed by atoms with Gasteiger partial charge in [0.05, 0.1) is 30.4 Å². The average Bonchev–Trinajstić information content (AvgIpc) is 2.64. The van der Waals surface area contributed by atoms with Crippen molar-refractivity contribution in [2.75, 3.05) is 19.5 Å². The molecule has 0 atom stereocenters. The second kappa shape index (κ2) is 7.09. The van der Waals surface area contributed by atoms with Crippen molar-refractivity contribution in [2.45, 2.75) is 0 Å². The summed E-state index contributed by atoms with van der Waals surface area (Å²) >= 11 is 6.18. The van der Waals surface area contributed by atoms with E-state index >= 15 is 0 Å². The number of benzene rings is 2. The molecule has 134 valence electrons. The number of nitrogens with one attached hydrogen (secondary N) is 1. The standard InChI is InChI=1S/C19H17ClN2O4/c1-22-10-13(18(23)12-5-4-6-14(20)17(12)22)19(24)21-15-8-7-11(25-2)9-16(15)26-3/h4-10H,1-3H3,(H,21,24). The van der Waals surface area contributed by atoms with Gasteiger partial charge in [-0.05, 0) is 24.3 Å². The van der Waals surface area contributed by atoms with Crippen LogP contribution in [0.2, 0.25) is 5.02 Å². The molecule has 6 nitrogen and oxygen atoms in total. The first-order valence-corrected chi connectivity index (χ1v) is 8.15. The number of methoxy groups -OCH3 is 2. The van der Waals surface area contributed by atoms with Crippen LogP contribution < -0.4 is 20.2 Å². The van der Waals surface area contributed by atoms with Crippen LogP contribution >= 0.6 is 11.6 Å². The Morgan fingerprint density at radius 2 is 1.92 bits per heavy atom. The zero-order valence-electron chi connectivity index (χ0n) is 14.5. The van der Waals surface area contributed by atoms with Crippen molar-refractivity contribution >= 4 is 34.1 Å². The molecule has 0 aliphatic carbocycles. The minimum atomic E-state index is -0.532. The van der Waals surface area contributed by atoms with Crippen molar-refractivity contribution in [3.8, 4) is 11.5 Å². The van der Waals surface area contributed by atoms with Gasteiger partial charge in [-0.15, -0.1) is 0 Å². The highest BCUT2D eigenvalue weighted by Gasteiger charge is 2.17. The summed E-state index contributed by atoms with van der Waals surface area (Å²) in [7, 11) is 4.76. The number of nitrogens with zero attached hydrogens (tertiary/aromatic N) is 1. The summed E-state index contributed by atoms with van der Waals surface area (Å²) in [6, 6.07) is 10.0. The lowest BCUT2D eigenvalue weighted by Crippen LogP contribution is -2.23. The summed E-state index contributed by atoms with van der Waals surface area (Å²) in [6.45, 7) is 0. The second-order valence-corrected chi connectivity index (χ2v) is 6.05. The van der Waals surface area contributed by atoms with Gasteiger partial charge in [-0.1, -0.05) is 17.7 Å². The van der Waals surface area contributed by atoms with E-state index in [9.17, 15) is 9.59 Å². The van der Waals surface area contributed by atoms with Crippen molar-refractivity contribution in [2.24, 2.45) is 7.05 Å². The molecule has 3 rings (SSSR count). The van der Waals surface area contributed by atoms with E-state index in [4.69, 9.17) is 21.1 Å². The second-order valence-electron chi connectivity index (χ2n) is 5.64. The van der Waals surface area contributed by atoms with Gasteiger partial charge in [0.15, 0.2) is 0 Å². The minimum Gasteiger partial charge on any atom is -0.497 e. The molecule has 0 unspecified atom stereocenters. The van der Waals surface area contributed by atoms with Crippen LogP contribution in [0.5, 0.6) is 11.5 Å². The quantitative estimate of drug-likeness (QED) is 0.761. The number of anilines is 1. The van der Waals surface area contributed by atoms with Gasteiger partial charge in [-0.25, -0.2) is 0 Å². The lowest BCUT2D eigenvalue weighted by atomic mass is 10.1. The molecule has 0 aliphatic heterocycles. The number of aryl methyl sites for hydroxylation is 1. The average molecular weight is 373 g/mol. The Balaban J connectivity index is 2.04. The highest BCUT2D eigenvalue weighted by atomic mass is 35.5. The van der Waals surface area contributed by atoms with Gasteiger partial charge in [0.2, 0.25) is 5.43 Å². The first-order valence-electron chi connectivity index (χ1n) is 7.77. The van der Waals surface area contributed by atoms with Crippen LogP contribution in [-0.2, 0) is 7.05 Å². The van der Waals surface area contributed by atoms with E-state index in [1.807, 2.05) is 0 Å². The fourth-order valence-electron chi connectivity index (χ4n) is 2.77. The number of pyridine rings is 1. The van der Waals surface area contributed by atoms with Gasteiger partial charge < -0.3 is 19.4 Å².